The molecule has 0 spiro atoms. The van der Waals surface area contributed by atoms with Gasteiger partial charge in [0, 0.05) is 31.7 Å². The number of amides is 1. The Morgan fingerprint density at radius 1 is 1.18 bits per heavy atom. The van der Waals surface area contributed by atoms with Crippen molar-refractivity contribution in [3.8, 4) is 0 Å². The molecule has 2 N–H and O–H groups in total. The summed E-state index contributed by atoms with van der Waals surface area (Å²) in [4.78, 5) is 22.2. The molecule has 1 fully saturated rings. The number of hydrogen-bond donors (Lipinski definition) is 2. The first-order chi connectivity index (χ1) is 13.7. The van der Waals surface area contributed by atoms with Crippen molar-refractivity contribution in [1.29, 1.82) is 0 Å². The van der Waals surface area contributed by atoms with E-state index in [1.54, 1.807) is 11.2 Å². The molecule has 7 heteroatoms. The van der Waals surface area contributed by atoms with Crippen molar-refractivity contribution < 1.29 is 9.53 Å². The van der Waals surface area contributed by atoms with E-state index in [0.29, 0.717) is 25.7 Å². The zero-order chi connectivity index (χ0) is 19.6. The van der Waals surface area contributed by atoms with Crippen LogP contribution in [-0.4, -0.2) is 53.2 Å². The lowest BCUT2D eigenvalue weighted by Gasteiger charge is -2.31. The van der Waals surface area contributed by atoms with Crippen molar-refractivity contribution in [2.45, 2.75) is 38.6 Å². The number of rotatable bonds is 8. The monoisotopic (exact) mass is 383 g/mol. The summed E-state index contributed by atoms with van der Waals surface area (Å²) in [5.74, 6) is 1.64. The minimum absolute atomic E-state index is 0.218. The van der Waals surface area contributed by atoms with Crippen LogP contribution >= 0.6 is 0 Å². The molecular weight excluding hydrogens is 354 g/mol. The summed E-state index contributed by atoms with van der Waals surface area (Å²) in [5, 5.41) is 6.83. The summed E-state index contributed by atoms with van der Waals surface area (Å²) in [5.41, 5.74) is 1.35. The van der Waals surface area contributed by atoms with Crippen LogP contribution in [0.2, 0.25) is 0 Å². The highest BCUT2D eigenvalue weighted by atomic mass is 16.6. The molecule has 28 heavy (non-hydrogen) atoms. The number of likely N-dealkylation sites (tertiary alicyclic amines) is 1. The van der Waals surface area contributed by atoms with Crippen LogP contribution in [0.3, 0.4) is 0 Å². The quantitative estimate of drug-likeness (QED) is 0.679. The van der Waals surface area contributed by atoms with Gasteiger partial charge in [0.2, 0.25) is 0 Å². The summed E-state index contributed by atoms with van der Waals surface area (Å²) in [7, 11) is 0. The first-order valence-corrected chi connectivity index (χ1v) is 10.0. The van der Waals surface area contributed by atoms with Crippen molar-refractivity contribution in [3.05, 3.63) is 48.3 Å². The van der Waals surface area contributed by atoms with Crippen LogP contribution in [0.5, 0.6) is 0 Å². The lowest BCUT2D eigenvalue weighted by Crippen LogP contribution is -2.42. The second-order valence-corrected chi connectivity index (χ2v) is 6.91. The van der Waals surface area contributed by atoms with Gasteiger partial charge in [0.15, 0.2) is 0 Å². The van der Waals surface area contributed by atoms with Gasteiger partial charge in [0.25, 0.3) is 0 Å². The van der Waals surface area contributed by atoms with E-state index < -0.39 is 0 Å². The van der Waals surface area contributed by atoms with Crippen molar-refractivity contribution in [1.82, 2.24) is 14.9 Å². The number of carbonyl (C=O) groups is 1. The van der Waals surface area contributed by atoms with Gasteiger partial charge in [0.05, 0.1) is 6.61 Å². The molecule has 7 nitrogen and oxygen atoms in total. The van der Waals surface area contributed by atoms with E-state index in [2.05, 4.69) is 44.9 Å². The summed E-state index contributed by atoms with van der Waals surface area (Å²) in [6.07, 6.45) is 5.21. The molecule has 0 atom stereocenters. The zero-order valence-corrected chi connectivity index (χ0v) is 16.4. The summed E-state index contributed by atoms with van der Waals surface area (Å²) in [6, 6.07) is 12.7. The predicted molar refractivity (Wildman–Crippen MR) is 111 cm³/mol. The fourth-order valence-electron chi connectivity index (χ4n) is 3.32. The number of benzene rings is 1. The molecule has 0 bridgehead atoms. The Hall–Kier alpha value is -2.83. The van der Waals surface area contributed by atoms with E-state index in [-0.39, 0.29) is 6.09 Å². The van der Waals surface area contributed by atoms with E-state index in [9.17, 15) is 4.79 Å². The van der Waals surface area contributed by atoms with E-state index in [0.717, 1.165) is 43.9 Å². The lowest BCUT2D eigenvalue weighted by atomic mass is 10.1. The number of nitrogens with zero attached hydrogens (tertiary/aromatic N) is 3. The Bertz CT molecular complexity index is 733. The van der Waals surface area contributed by atoms with Crippen LogP contribution in [0.4, 0.5) is 16.4 Å². The highest BCUT2D eigenvalue weighted by Crippen LogP contribution is 2.17. The molecule has 1 aliphatic rings. The van der Waals surface area contributed by atoms with E-state index in [4.69, 9.17) is 4.74 Å². The van der Waals surface area contributed by atoms with Crippen LogP contribution in [0.1, 0.15) is 31.7 Å². The molecule has 1 amide bonds. The van der Waals surface area contributed by atoms with Crippen molar-refractivity contribution in [3.63, 3.8) is 0 Å². The number of aromatic nitrogens is 2. The third kappa shape index (κ3) is 6.11. The first kappa shape index (κ1) is 19.9. The van der Waals surface area contributed by atoms with Gasteiger partial charge in [-0.25, -0.2) is 14.8 Å². The Morgan fingerprint density at radius 2 is 1.93 bits per heavy atom. The molecular formula is C21H29N5O2. The van der Waals surface area contributed by atoms with Crippen molar-refractivity contribution in [2.24, 2.45) is 0 Å². The molecule has 2 aromatic rings. The predicted octanol–water partition coefficient (Wildman–Crippen LogP) is 3.55. The highest BCUT2D eigenvalue weighted by molar-refractivity contribution is 5.67. The number of ether oxygens (including phenoxy) is 1. The zero-order valence-electron chi connectivity index (χ0n) is 16.4. The number of hydrogen-bond acceptors (Lipinski definition) is 6. The number of piperidine rings is 1. The van der Waals surface area contributed by atoms with Gasteiger partial charge in [0.1, 0.15) is 18.0 Å². The largest absolute Gasteiger partial charge is 0.450 e. The molecule has 1 aromatic heterocycles. The maximum atomic E-state index is 11.8. The highest BCUT2D eigenvalue weighted by Gasteiger charge is 2.23. The Kier molecular flexibility index (Phi) is 7.46. The van der Waals surface area contributed by atoms with Crippen LogP contribution < -0.4 is 10.6 Å². The SMILES string of the molecule is CCOC(=O)N1CCC(Nc2cc(NCCCc3ccccc3)ncn2)CC1. The summed E-state index contributed by atoms with van der Waals surface area (Å²) >= 11 is 0. The van der Waals surface area contributed by atoms with E-state index in [1.807, 2.05) is 19.1 Å². The maximum Gasteiger partial charge on any atom is 0.409 e. The number of anilines is 2. The first-order valence-electron chi connectivity index (χ1n) is 10.0. The molecule has 0 saturated carbocycles. The van der Waals surface area contributed by atoms with Gasteiger partial charge >= 0.3 is 6.09 Å². The van der Waals surface area contributed by atoms with E-state index >= 15 is 0 Å². The second kappa shape index (κ2) is 10.5. The molecule has 150 valence electrons. The lowest BCUT2D eigenvalue weighted by molar-refractivity contribution is 0.0983. The van der Waals surface area contributed by atoms with E-state index in [1.165, 1.54) is 5.56 Å². The van der Waals surface area contributed by atoms with Crippen molar-refractivity contribution in [2.75, 3.05) is 36.9 Å². The molecule has 1 saturated heterocycles. The topological polar surface area (TPSA) is 79.4 Å². The standard InChI is InChI=1S/C21H29N5O2/c1-2-28-21(27)26-13-10-18(11-14-26)25-20-15-19(23-16-24-20)22-12-6-9-17-7-4-3-5-8-17/h3-5,7-8,15-16,18H,2,6,9-14H2,1H3,(H2,22,23,24,25). The number of carbonyl (C=O) groups excluding carboxylic acids is 1. The van der Waals surface area contributed by atoms with Gasteiger partial charge in [-0.15, -0.1) is 0 Å². The smallest absolute Gasteiger partial charge is 0.409 e. The molecule has 3 rings (SSSR count). The molecule has 1 aliphatic heterocycles. The fraction of sp³-hybridized carbons (Fsp3) is 0.476. The maximum absolute atomic E-state index is 11.8. The van der Waals surface area contributed by atoms with Gasteiger partial charge in [-0.2, -0.15) is 0 Å². The molecule has 1 aromatic carbocycles. The average Bonchev–Trinajstić information content (AvgIpc) is 2.73. The summed E-state index contributed by atoms with van der Waals surface area (Å²) < 4.78 is 5.06. The van der Waals surface area contributed by atoms with Crippen LogP contribution in [-0.2, 0) is 11.2 Å². The number of aryl methyl sites for hydroxylation is 1. The minimum atomic E-state index is -0.218. The molecule has 0 unspecified atom stereocenters. The van der Waals surface area contributed by atoms with Crippen molar-refractivity contribution >= 4 is 17.7 Å². The van der Waals surface area contributed by atoms with Gasteiger partial charge < -0.3 is 20.3 Å². The summed E-state index contributed by atoms with van der Waals surface area (Å²) in [6.45, 7) is 4.51. The number of nitrogens with one attached hydrogen (secondary N) is 2. The second-order valence-electron chi connectivity index (χ2n) is 6.91. The van der Waals surface area contributed by atoms with Gasteiger partial charge in [-0.1, -0.05) is 30.3 Å². The normalized spacial score (nSPS) is 14.5. The average molecular weight is 383 g/mol. The molecule has 0 radical (unpaired) electrons. The Balaban J connectivity index is 1.40. The Labute approximate surface area is 166 Å². The van der Waals surface area contributed by atoms with Crippen LogP contribution in [0, 0.1) is 0 Å². The van der Waals surface area contributed by atoms with Gasteiger partial charge in [-0.05, 0) is 38.2 Å². The van der Waals surface area contributed by atoms with Crippen LogP contribution in [0.15, 0.2) is 42.7 Å². The third-order valence-electron chi connectivity index (χ3n) is 4.83. The Morgan fingerprint density at radius 3 is 2.68 bits per heavy atom. The van der Waals surface area contributed by atoms with Gasteiger partial charge in [-0.3, -0.25) is 0 Å². The third-order valence-corrected chi connectivity index (χ3v) is 4.83. The fourth-order valence-corrected chi connectivity index (χ4v) is 3.32. The molecule has 0 aliphatic carbocycles. The minimum Gasteiger partial charge on any atom is -0.450 e. The van der Waals surface area contributed by atoms with Crippen LogP contribution in [0.25, 0.3) is 0 Å². The molecule has 2 heterocycles.